The van der Waals surface area contributed by atoms with Gasteiger partial charge < -0.3 is 9.47 Å². The van der Waals surface area contributed by atoms with E-state index in [-0.39, 0.29) is 12.8 Å². The summed E-state index contributed by atoms with van der Waals surface area (Å²) in [6.45, 7) is 3.83. The molecule has 0 aliphatic heterocycles. The molecule has 0 unspecified atom stereocenters. The maximum Gasteiger partial charge on any atom is 0.524 e. The standard InChI is InChI=1S/C11H18O5/c1-3-5-7-9(12)15-11(14)16-10(13)8-6-4-2/h3-8H2,1-2H3. The third-order valence-electron chi connectivity index (χ3n) is 1.86. The molecule has 5 nitrogen and oxygen atoms in total. The fraction of sp³-hybridized carbons (Fsp3) is 0.727. The molecule has 0 bridgehead atoms. The van der Waals surface area contributed by atoms with E-state index < -0.39 is 18.1 Å². The highest BCUT2D eigenvalue weighted by Crippen LogP contribution is 2.01. The van der Waals surface area contributed by atoms with E-state index in [1.54, 1.807) is 0 Å². The second kappa shape index (κ2) is 8.88. The zero-order valence-electron chi connectivity index (χ0n) is 9.78. The minimum absolute atomic E-state index is 0.161. The molecule has 0 aromatic heterocycles. The molecule has 0 saturated carbocycles. The first-order chi connectivity index (χ1) is 7.60. The second-order valence-electron chi connectivity index (χ2n) is 3.41. The van der Waals surface area contributed by atoms with Gasteiger partial charge in [0, 0.05) is 12.8 Å². The maximum absolute atomic E-state index is 11.0. The lowest BCUT2D eigenvalue weighted by atomic mass is 10.2. The van der Waals surface area contributed by atoms with Crippen LogP contribution in [-0.4, -0.2) is 18.1 Å². The number of rotatable bonds is 6. The summed E-state index contributed by atoms with van der Waals surface area (Å²) in [6, 6.07) is 0. The molecular formula is C11H18O5. The Morgan fingerprint density at radius 1 is 0.812 bits per heavy atom. The van der Waals surface area contributed by atoms with Crippen molar-refractivity contribution < 1.29 is 23.9 Å². The van der Waals surface area contributed by atoms with Crippen LogP contribution in [0.1, 0.15) is 52.4 Å². The number of hydrogen-bond acceptors (Lipinski definition) is 5. The minimum Gasteiger partial charge on any atom is -0.360 e. The Labute approximate surface area is 95.1 Å². The number of ether oxygens (including phenoxy) is 2. The van der Waals surface area contributed by atoms with Crippen molar-refractivity contribution in [2.45, 2.75) is 52.4 Å². The molecule has 0 saturated heterocycles. The average molecular weight is 230 g/mol. The van der Waals surface area contributed by atoms with Crippen molar-refractivity contribution in [2.75, 3.05) is 0 Å². The van der Waals surface area contributed by atoms with E-state index in [9.17, 15) is 14.4 Å². The predicted octanol–water partition coefficient (Wildman–Crippen LogP) is 2.57. The highest BCUT2D eigenvalue weighted by Gasteiger charge is 2.15. The van der Waals surface area contributed by atoms with Crippen LogP contribution in [0.3, 0.4) is 0 Å². The Hall–Kier alpha value is -1.39. The van der Waals surface area contributed by atoms with E-state index in [1.165, 1.54) is 0 Å². The zero-order valence-corrected chi connectivity index (χ0v) is 9.78. The van der Waals surface area contributed by atoms with Crippen molar-refractivity contribution in [1.29, 1.82) is 0 Å². The fourth-order valence-corrected chi connectivity index (χ4v) is 0.951. The molecule has 0 aromatic rings. The predicted molar refractivity (Wildman–Crippen MR) is 56.6 cm³/mol. The molecule has 92 valence electrons. The monoisotopic (exact) mass is 230 g/mol. The summed E-state index contributed by atoms with van der Waals surface area (Å²) in [7, 11) is 0. The molecule has 0 rings (SSSR count). The van der Waals surface area contributed by atoms with Gasteiger partial charge in [-0.3, -0.25) is 9.59 Å². The van der Waals surface area contributed by atoms with Crippen molar-refractivity contribution in [3.8, 4) is 0 Å². The Morgan fingerprint density at radius 3 is 1.50 bits per heavy atom. The summed E-state index contributed by atoms with van der Waals surface area (Å²) >= 11 is 0. The Bertz CT molecular complexity index is 223. The first kappa shape index (κ1) is 14.6. The molecule has 0 aromatic carbocycles. The summed E-state index contributed by atoms with van der Waals surface area (Å²) in [6.07, 6.45) is 2.07. The third kappa shape index (κ3) is 7.96. The van der Waals surface area contributed by atoms with Crippen LogP contribution in [0.5, 0.6) is 0 Å². The molecule has 16 heavy (non-hydrogen) atoms. The topological polar surface area (TPSA) is 69.7 Å². The van der Waals surface area contributed by atoms with Crippen molar-refractivity contribution in [1.82, 2.24) is 0 Å². The third-order valence-corrected chi connectivity index (χ3v) is 1.86. The van der Waals surface area contributed by atoms with E-state index in [0.717, 1.165) is 12.8 Å². The fourth-order valence-electron chi connectivity index (χ4n) is 0.951. The number of esters is 2. The van der Waals surface area contributed by atoms with Crippen LogP contribution in [-0.2, 0) is 19.1 Å². The molecule has 0 aliphatic rings. The lowest BCUT2D eigenvalue weighted by Gasteiger charge is -2.02. The molecule has 0 amide bonds. The molecule has 0 heterocycles. The lowest BCUT2D eigenvalue weighted by molar-refractivity contribution is -0.146. The Morgan fingerprint density at radius 2 is 1.19 bits per heavy atom. The van der Waals surface area contributed by atoms with Gasteiger partial charge in [-0.1, -0.05) is 26.7 Å². The van der Waals surface area contributed by atoms with Gasteiger partial charge in [0.05, 0.1) is 0 Å². The van der Waals surface area contributed by atoms with E-state index in [1.807, 2.05) is 13.8 Å². The van der Waals surface area contributed by atoms with Crippen LogP contribution >= 0.6 is 0 Å². The highest BCUT2D eigenvalue weighted by atomic mass is 16.8. The van der Waals surface area contributed by atoms with Crippen LogP contribution in [0.25, 0.3) is 0 Å². The normalized spacial score (nSPS) is 9.62. The van der Waals surface area contributed by atoms with Crippen LogP contribution in [0, 0.1) is 0 Å². The van der Waals surface area contributed by atoms with Gasteiger partial charge in [0.2, 0.25) is 0 Å². The van der Waals surface area contributed by atoms with Crippen LogP contribution in [0.15, 0.2) is 0 Å². The molecule has 0 N–H and O–H groups in total. The maximum atomic E-state index is 11.0. The summed E-state index contributed by atoms with van der Waals surface area (Å²) in [5.74, 6) is -1.31. The van der Waals surface area contributed by atoms with Crippen LogP contribution in [0.2, 0.25) is 0 Å². The van der Waals surface area contributed by atoms with E-state index in [4.69, 9.17) is 0 Å². The minimum atomic E-state index is -1.22. The van der Waals surface area contributed by atoms with Gasteiger partial charge in [-0.05, 0) is 12.8 Å². The summed E-state index contributed by atoms with van der Waals surface area (Å²) in [4.78, 5) is 32.9. The van der Waals surface area contributed by atoms with Gasteiger partial charge in [0.15, 0.2) is 0 Å². The number of unbranched alkanes of at least 4 members (excludes halogenated alkanes) is 2. The summed E-state index contributed by atoms with van der Waals surface area (Å²) < 4.78 is 8.56. The van der Waals surface area contributed by atoms with Gasteiger partial charge >= 0.3 is 18.1 Å². The molecule has 0 spiro atoms. The van der Waals surface area contributed by atoms with E-state index in [0.29, 0.717) is 12.8 Å². The van der Waals surface area contributed by atoms with E-state index >= 15 is 0 Å². The van der Waals surface area contributed by atoms with Crippen molar-refractivity contribution in [3.63, 3.8) is 0 Å². The number of carbonyl (C=O) groups excluding carboxylic acids is 3. The molecule has 5 heteroatoms. The van der Waals surface area contributed by atoms with Gasteiger partial charge in [-0.25, -0.2) is 4.79 Å². The SMILES string of the molecule is CCCCC(=O)OC(=O)OC(=O)CCCC. The van der Waals surface area contributed by atoms with Gasteiger partial charge in [0.25, 0.3) is 0 Å². The quantitative estimate of drug-likeness (QED) is 0.518. The van der Waals surface area contributed by atoms with Crippen molar-refractivity contribution in [2.24, 2.45) is 0 Å². The molecule has 0 radical (unpaired) electrons. The Kier molecular flexibility index (Phi) is 8.11. The highest BCUT2D eigenvalue weighted by molar-refractivity contribution is 5.88. The Balaban J connectivity index is 3.72. The van der Waals surface area contributed by atoms with Gasteiger partial charge in [-0.15, -0.1) is 0 Å². The number of carbonyl (C=O) groups is 3. The van der Waals surface area contributed by atoms with Crippen molar-refractivity contribution >= 4 is 18.1 Å². The number of hydrogen-bond donors (Lipinski definition) is 0. The zero-order chi connectivity index (χ0) is 12.4. The van der Waals surface area contributed by atoms with Crippen molar-refractivity contribution in [3.05, 3.63) is 0 Å². The average Bonchev–Trinajstić information content (AvgIpc) is 2.23. The molecule has 0 aliphatic carbocycles. The summed E-state index contributed by atoms with van der Waals surface area (Å²) in [5.41, 5.74) is 0. The smallest absolute Gasteiger partial charge is 0.360 e. The lowest BCUT2D eigenvalue weighted by Crippen LogP contribution is -2.17. The van der Waals surface area contributed by atoms with Crippen LogP contribution < -0.4 is 0 Å². The first-order valence-corrected chi connectivity index (χ1v) is 5.55. The molecule has 0 fully saturated rings. The van der Waals surface area contributed by atoms with Gasteiger partial charge in [-0.2, -0.15) is 0 Å². The summed E-state index contributed by atoms with van der Waals surface area (Å²) in [5, 5.41) is 0. The first-order valence-electron chi connectivity index (χ1n) is 5.55. The largest absolute Gasteiger partial charge is 0.524 e. The molecular weight excluding hydrogens is 212 g/mol. The van der Waals surface area contributed by atoms with E-state index in [2.05, 4.69) is 9.47 Å². The van der Waals surface area contributed by atoms with Crippen LogP contribution in [0.4, 0.5) is 4.79 Å². The van der Waals surface area contributed by atoms with Gasteiger partial charge in [0.1, 0.15) is 0 Å². The second-order valence-corrected chi connectivity index (χ2v) is 3.41. The molecule has 0 atom stereocenters.